The molecule has 168 valence electrons. The highest BCUT2D eigenvalue weighted by atomic mass is 32.2. The molecule has 0 unspecified atom stereocenters. The molecule has 1 fully saturated rings. The quantitative estimate of drug-likeness (QED) is 0.349. The Morgan fingerprint density at radius 2 is 1.69 bits per heavy atom. The van der Waals surface area contributed by atoms with Gasteiger partial charge in [0.05, 0.1) is 45.6 Å². The van der Waals surface area contributed by atoms with Crippen molar-refractivity contribution in [3.63, 3.8) is 0 Å². The van der Waals surface area contributed by atoms with E-state index < -0.39 is 5.97 Å². The van der Waals surface area contributed by atoms with Crippen molar-refractivity contribution in [2.24, 2.45) is 0 Å². The van der Waals surface area contributed by atoms with Crippen LogP contribution >= 0.6 is 24.0 Å². The third-order valence-electron chi connectivity index (χ3n) is 4.61. The predicted molar refractivity (Wildman–Crippen MR) is 127 cm³/mol. The Bertz CT molecular complexity index is 1040. The summed E-state index contributed by atoms with van der Waals surface area (Å²) in [5.41, 5.74) is 1.89. The second-order valence-corrected chi connectivity index (χ2v) is 8.15. The fourth-order valence-electron chi connectivity index (χ4n) is 2.98. The van der Waals surface area contributed by atoms with Gasteiger partial charge in [-0.05, 0) is 48.0 Å². The first-order valence-electron chi connectivity index (χ1n) is 9.39. The number of benzene rings is 2. The molecule has 0 aromatic heterocycles. The van der Waals surface area contributed by atoms with Crippen molar-refractivity contribution in [3.05, 3.63) is 52.4 Å². The molecule has 0 bridgehead atoms. The number of hydrogen-bond donors (Lipinski definition) is 1. The van der Waals surface area contributed by atoms with E-state index in [-0.39, 0.29) is 12.6 Å². The van der Waals surface area contributed by atoms with Crippen LogP contribution in [0.15, 0.2) is 41.3 Å². The Labute approximate surface area is 195 Å². The summed E-state index contributed by atoms with van der Waals surface area (Å²) in [6.45, 7) is 0.189. The number of methoxy groups -OCH3 is 4. The zero-order valence-electron chi connectivity index (χ0n) is 18.0. The number of carbonyl (C=O) groups is 2. The number of ether oxygens (including phenoxy) is 4. The molecule has 2 aromatic carbocycles. The number of amides is 1. The molecule has 0 atom stereocenters. The van der Waals surface area contributed by atoms with E-state index in [1.807, 2.05) is 0 Å². The average Bonchev–Trinajstić information content (AvgIpc) is 3.08. The Balaban J connectivity index is 1.74. The molecule has 1 saturated heterocycles. The molecular weight excluding hydrogens is 452 g/mol. The van der Waals surface area contributed by atoms with Gasteiger partial charge in [0.15, 0.2) is 11.5 Å². The number of hydrogen-bond acceptors (Lipinski definition) is 9. The molecule has 0 saturated carbocycles. The minimum atomic E-state index is -0.412. The van der Waals surface area contributed by atoms with E-state index in [2.05, 4.69) is 10.1 Å². The van der Waals surface area contributed by atoms with Crippen LogP contribution in [0.5, 0.6) is 17.2 Å². The van der Waals surface area contributed by atoms with Gasteiger partial charge in [0.25, 0.3) is 5.91 Å². The summed E-state index contributed by atoms with van der Waals surface area (Å²) in [7, 11) is 5.92. The van der Waals surface area contributed by atoms with Crippen molar-refractivity contribution in [2.75, 3.05) is 40.4 Å². The molecule has 0 radical (unpaired) electrons. The van der Waals surface area contributed by atoms with Crippen molar-refractivity contribution >= 4 is 51.9 Å². The second kappa shape index (κ2) is 10.4. The number of thiocarbonyl (C=S) groups is 1. The van der Waals surface area contributed by atoms with Gasteiger partial charge in [0, 0.05) is 5.69 Å². The average molecular weight is 475 g/mol. The lowest BCUT2D eigenvalue weighted by atomic mass is 10.1. The van der Waals surface area contributed by atoms with Crippen molar-refractivity contribution in [1.29, 1.82) is 0 Å². The Kier molecular flexibility index (Phi) is 7.60. The van der Waals surface area contributed by atoms with Crippen LogP contribution in [-0.2, 0) is 9.53 Å². The van der Waals surface area contributed by atoms with Crippen LogP contribution in [0.25, 0.3) is 6.08 Å². The molecule has 2 aromatic rings. The van der Waals surface area contributed by atoms with Gasteiger partial charge in [-0.1, -0.05) is 24.0 Å². The summed E-state index contributed by atoms with van der Waals surface area (Å²) in [5.74, 6) is 0.830. The molecule has 1 amide bonds. The van der Waals surface area contributed by atoms with Crippen molar-refractivity contribution in [2.45, 2.75) is 0 Å². The first kappa shape index (κ1) is 23.4. The third-order valence-corrected chi connectivity index (χ3v) is 5.98. The highest BCUT2D eigenvalue weighted by Crippen LogP contribution is 2.40. The van der Waals surface area contributed by atoms with Crippen LogP contribution in [0.4, 0.5) is 5.69 Å². The number of thioether (sulfide) groups is 1. The lowest BCUT2D eigenvalue weighted by Crippen LogP contribution is -2.33. The van der Waals surface area contributed by atoms with Crippen molar-refractivity contribution in [3.8, 4) is 17.2 Å². The lowest BCUT2D eigenvalue weighted by Gasteiger charge is -2.16. The number of anilines is 1. The van der Waals surface area contributed by atoms with Gasteiger partial charge in [-0.25, -0.2) is 4.79 Å². The molecule has 3 rings (SSSR count). The Morgan fingerprint density at radius 3 is 2.22 bits per heavy atom. The molecule has 0 aliphatic carbocycles. The van der Waals surface area contributed by atoms with Crippen LogP contribution in [0.3, 0.4) is 0 Å². The Morgan fingerprint density at radius 1 is 1.06 bits per heavy atom. The highest BCUT2D eigenvalue weighted by Gasteiger charge is 2.32. The summed E-state index contributed by atoms with van der Waals surface area (Å²) in [4.78, 5) is 26.4. The largest absolute Gasteiger partial charge is 0.493 e. The normalized spacial score (nSPS) is 14.5. The van der Waals surface area contributed by atoms with Crippen LogP contribution in [0.2, 0.25) is 0 Å². The first-order chi connectivity index (χ1) is 15.4. The minimum Gasteiger partial charge on any atom is -0.493 e. The molecule has 1 heterocycles. The molecule has 8 nitrogen and oxygen atoms in total. The fourth-order valence-corrected chi connectivity index (χ4v) is 4.24. The van der Waals surface area contributed by atoms with Crippen LogP contribution < -0.4 is 19.5 Å². The third kappa shape index (κ3) is 4.97. The SMILES string of the molecule is COC(=O)c1ccc(NCN2C(=O)/C(=C\c3cc(OC)c(OC)c(OC)c3)SC2=S)cc1. The minimum absolute atomic E-state index is 0.189. The van der Waals surface area contributed by atoms with Gasteiger partial charge < -0.3 is 24.3 Å². The molecule has 1 aliphatic heterocycles. The molecule has 10 heteroatoms. The summed E-state index contributed by atoms with van der Waals surface area (Å²) in [5, 5.41) is 3.14. The molecule has 32 heavy (non-hydrogen) atoms. The summed E-state index contributed by atoms with van der Waals surface area (Å²) in [6, 6.07) is 10.3. The highest BCUT2D eigenvalue weighted by molar-refractivity contribution is 8.26. The number of rotatable bonds is 8. The van der Waals surface area contributed by atoms with E-state index in [9.17, 15) is 9.59 Å². The maximum absolute atomic E-state index is 12.9. The van der Waals surface area contributed by atoms with E-state index in [0.717, 1.165) is 5.69 Å². The van der Waals surface area contributed by atoms with Crippen LogP contribution in [-0.4, -0.2) is 56.2 Å². The number of nitrogens with zero attached hydrogens (tertiary/aromatic N) is 1. The van der Waals surface area contributed by atoms with Crippen molar-refractivity contribution in [1.82, 2.24) is 4.90 Å². The second-order valence-electron chi connectivity index (χ2n) is 6.47. The zero-order chi connectivity index (χ0) is 23.3. The summed E-state index contributed by atoms with van der Waals surface area (Å²) >= 11 is 6.60. The van der Waals surface area contributed by atoms with Gasteiger partial charge in [-0.2, -0.15) is 0 Å². The maximum atomic E-state index is 12.9. The van der Waals surface area contributed by atoms with E-state index in [0.29, 0.717) is 37.6 Å². The van der Waals surface area contributed by atoms with Crippen LogP contribution in [0, 0.1) is 0 Å². The fraction of sp³-hybridized carbons (Fsp3) is 0.227. The van der Waals surface area contributed by atoms with E-state index in [1.54, 1.807) is 42.5 Å². The topological polar surface area (TPSA) is 86.3 Å². The number of carbonyl (C=O) groups excluding carboxylic acids is 2. The molecule has 1 aliphatic rings. The number of esters is 1. The molecule has 1 N–H and O–H groups in total. The summed E-state index contributed by atoms with van der Waals surface area (Å²) < 4.78 is 21.2. The van der Waals surface area contributed by atoms with Gasteiger partial charge in [-0.3, -0.25) is 9.69 Å². The van der Waals surface area contributed by atoms with E-state index in [1.165, 1.54) is 45.1 Å². The molecular formula is C22H22N2O6S2. The summed E-state index contributed by atoms with van der Waals surface area (Å²) in [6.07, 6.45) is 1.73. The maximum Gasteiger partial charge on any atom is 0.337 e. The van der Waals surface area contributed by atoms with Crippen molar-refractivity contribution < 1.29 is 28.5 Å². The monoisotopic (exact) mass is 474 g/mol. The van der Waals surface area contributed by atoms with Crippen LogP contribution in [0.1, 0.15) is 15.9 Å². The zero-order valence-corrected chi connectivity index (χ0v) is 19.6. The van der Waals surface area contributed by atoms with E-state index >= 15 is 0 Å². The first-order valence-corrected chi connectivity index (χ1v) is 10.6. The number of nitrogens with one attached hydrogen (secondary N) is 1. The van der Waals surface area contributed by atoms with Gasteiger partial charge >= 0.3 is 5.97 Å². The van der Waals surface area contributed by atoms with Gasteiger partial charge in [-0.15, -0.1) is 0 Å². The lowest BCUT2D eigenvalue weighted by molar-refractivity contribution is -0.121. The predicted octanol–water partition coefficient (Wildman–Crippen LogP) is 3.77. The van der Waals surface area contributed by atoms with Gasteiger partial charge in [0.1, 0.15) is 4.32 Å². The molecule has 0 spiro atoms. The smallest absolute Gasteiger partial charge is 0.337 e. The van der Waals surface area contributed by atoms with Gasteiger partial charge in [0.2, 0.25) is 5.75 Å². The Hall–Kier alpha value is -3.24. The van der Waals surface area contributed by atoms with E-state index in [4.69, 9.17) is 26.4 Å². The standard InChI is InChI=1S/C22H22N2O6S2/c1-27-16-9-13(10-17(28-2)19(16)29-3)11-18-20(25)24(22(31)32-18)12-23-15-7-5-14(6-8-15)21(26)30-4/h5-11,23H,12H2,1-4H3/b18-11+.